The monoisotopic (exact) mass is 250 g/mol. The summed E-state index contributed by atoms with van der Waals surface area (Å²) < 4.78 is 12.9. The van der Waals surface area contributed by atoms with Crippen LogP contribution in [-0.2, 0) is 16.0 Å². The molecule has 0 saturated heterocycles. The Morgan fingerprint density at radius 3 is 2.39 bits per heavy atom. The number of benzene rings is 1. The van der Waals surface area contributed by atoms with Crippen molar-refractivity contribution in [1.82, 2.24) is 0 Å². The van der Waals surface area contributed by atoms with Gasteiger partial charge in [-0.1, -0.05) is 32.9 Å². The first-order valence-corrected chi connectivity index (χ1v) is 6.04. The van der Waals surface area contributed by atoms with Crippen molar-refractivity contribution in [2.24, 2.45) is 5.41 Å². The average molecular weight is 250 g/mol. The molecule has 2 nitrogen and oxygen atoms in total. The van der Waals surface area contributed by atoms with Gasteiger partial charge in [-0.05, 0) is 23.1 Å². The normalized spacial score (nSPS) is 11.3. The summed E-state index contributed by atoms with van der Waals surface area (Å²) in [5.74, 6) is -0.569. The summed E-state index contributed by atoms with van der Waals surface area (Å²) in [5, 5.41) is 0. The predicted octanol–water partition coefficient (Wildman–Crippen LogP) is 3.33. The molecule has 0 fully saturated rings. The number of carbonyl (C=O) groups is 2. The van der Waals surface area contributed by atoms with Gasteiger partial charge in [-0.3, -0.25) is 9.59 Å². The van der Waals surface area contributed by atoms with Gasteiger partial charge < -0.3 is 0 Å². The molecule has 0 aliphatic carbocycles. The van der Waals surface area contributed by atoms with E-state index in [0.717, 1.165) is 0 Å². The number of halogens is 1. The van der Waals surface area contributed by atoms with Crippen molar-refractivity contribution in [2.45, 2.75) is 40.0 Å². The molecule has 0 unspecified atom stereocenters. The Kier molecular flexibility index (Phi) is 4.76. The van der Waals surface area contributed by atoms with Crippen LogP contribution in [0.1, 0.15) is 39.2 Å². The maximum atomic E-state index is 12.9. The molecule has 0 heterocycles. The molecule has 1 aromatic rings. The first kappa shape index (κ1) is 14.6. The molecule has 18 heavy (non-hydrogen) atoms. The van der Waals surface area contributed by atoms with E-state index in [4.69, 9.17) is 0 Å². The van der Waals surface area contributed by atoms with Gasteiger partial charge in [0.05, 0.1) is 6.42 Å². The lowest BCUT2D eigenvalue weighted by Gasteiger charge is -2.16. The highest BCUT2D eigenvalue weighted by Gasteiger charge is 2.18. The van der Waals surface area contributed by atoms with E-state index in [9.17, 15) is 14.0 Å². The highest BCUT2D eigenvalue weighted by atomic mass is 19.1. The van der Waals surface area contributed by atoms with Crippen LogP contribution in [0, 0.1) is 11.2 Å². The van der Waals surface area contributed by atoms with Gasteiger partial charge in [-0.2, -0.15) is 0 Å². The van der Waals surface area contributed by atoms with Crippen LogP contribution in [0.5, 0.6) is 0 Å². The second kappa shape index (κ2) is 5.89. The van der Waals surface area contributed by atoms with Crippen molar-refractivity contribution >= 4 is 11.6 Å². The minimum atomic E-state index is -0.360. The smallest absolute Gasteiger partial charge is 0.144 e. The summed E-state index contributed by atoms with van der Waals surface area (Å²) >= 11 is 0. The van der Waals surface area contributed by atoms with Gasteiger partial charge in [-0.25, -0.2) is 4.39 Å². The van der Waals surface area contributed by atoms with E-state index in [2.05, 4.69) is 0 Å². The number of ketones is 2. The molecular weight excluding hydrogens is 231 g/mol. The first-order valence-electron chi connectivity index (χ1n) is 6.04. The fourth-order valence-corrected chi connectivity index (χ4v) is 1.81. The van der Waals surface area contributed by atoms with Crippen LogP contribution in [0.25, 0.3) is 0 Å². The molecule has 3 heteroatoms. The number of hydrogen-bond donors (Lipinski definition) is 0. The molecule has 0 bridgehead atoms. The van der Waals surface area contributed by atoms with Gasteiger partial charge in [0, 0.05) is 12.8 Å². The molecule has 0 atom stereocenters. The minimum Gasteiger partial charge on any atom is -0.299 e. The molecule has 0 aromatic heterocycles. The molecule has 98 valence electrons. The topological polar surface area (TPSA) is 34.1 Å². The maximum absolute atomic E-state index is 12.9. The SMILES string of the molecule is CC(C)(C)CC(=O)CC(=O)Cc1cccc(F)c1. The Hall–Kier alpha value is -1.51. The lowest BCUT2D eigenvalue weighted by molar-refractivity contribution is -0.127. The Balaban J connectivity index is 2.50. The van der Waals surface area contributed by atoms with E-state index < -0.39 is 0 Å². The van der Waals surface area contributed by atoms with Crippen molar-refractivity contribution < 1.29 is 14.0 Å². The Labute approximate surface area is 107 Å². The van der Waals surface area contributed by atoms with Gasteiger partial charge in [0.15, 0.2) is 0 Å². The second-order valence-corrected chi connectivity index (χ2v) is 5.80. The van der Waals surface area contributed by atoms with Gasteiger partial charge in [0.1, 0.15) is 17.4 Å². The van der Waals surface area contributed by atoms with Crippen molar-refractivity contribution in [3.63, 3.8) is 0 Å². The van der Waals surface area contributed by atoms with Crippen LogP contribution in [0.15, 0.2) is 24.3 Å². The zero-order valence-corrected chi connectivity index (χ0v) is 11.1. The van der Waals surface area contributed by atoms with E-state index >= 15 is 0 Å². The highest BCUT2D eigenvalue weighted by molar-refractivity contribution is 6.00. The lowest BCUT2D eigenvalue weighted by Crippen LogP contribution is -2.17. The first-order chi connectivity index (χ1) is 8.26. The predicted molar refractivity (Wildman–Crippen MR) is 68.8 cm³/mol. The molecule has 0 radical (unpaired) electrons. The maximum Gasteiger partial charge on any atom is 0.144 e. The molecule has 0 aliphatic rings. The van der Waals surface area contributed by atoms with Crippen molar-refractivity contribution in [3.05, 3.63) is 35.6 Å². The molecule has 0 saturated carbocycles. The molecule has 0 spiro atoms. The third-order valence-corrected chi connectivity index (χ3v) is 2.41. The van der Waals surface area contributed by atoms with Crippen molar-refractivity contribution in [2.75, 3.05) is 0 Å². The van der Waals surface area contributed by atoms with Crippen LogP contribution in [0.2, 0.25) is 0 Å². The highest BCUT2D eigenvalue weighted by Crippen LogP contribution is 2.19. The fourth-order valence-electron chi connectivity index (χ4n) is 1.81. The van der Waals surface area contributed by atoms with Crippen LogP contribution in [-0.4, -0.2) is 11.6 Å². The quantitative estimate of drug-likeness (QED) is 0.751. The summed E-state index contributed by atoms with van der Waals surface area (Å²) in [5.41, 5.74) is 0.513. The second-order valence-electron chi connectivity index (χ2n) is 5.80. The van der Waals surface area contributed by atoms with Crippen LogP contribution in [0.4, 0.5) is 4.39 Å². The average Bonchev–Trinajstić information content (AvgIpc) is 2.13. The molecule has 1 aromatic carbocycles. The summed E-state index contributed by atoms with van der Waals surface area (Å²) in [7, 11) is 0. The van der Waals surface area contributed by atoms with E-state index in [-0.39, 0.29) is 35.6 Å². The Morgan fingerprint density at radius 1 is 1.17 bits per heavy atom. The number of rotatable bonds is 5. The third kappa shape index (κ3) is 5.71. The third-order valence-electron chi connectivity index (χ3n) is 2.41. The number of carbonyl (C=O) groups excluding carboxylic acids is 2. The minimum absolute atomic E-state index is 0.0519. The summed E-state index contributed by atoms with van der Waals surface area (Å²) in [6, 6.07) is 5.91. The van der Waals surface area contributed by atoms with Crippen LogP contribution < -0.4 is 0 Å². The van der Waals surface area contributed by atoms with E-state index in [1.165, 1.54) is 12.1 Å². The van der Waals surface area contributed by atoms with E-state index in [0.29, 0.717) is 12.0 Å². The van der Waals surface area contributed by atoms with Gasteiger partial charge in [0.25, 0.3) is 0 Å². The molecule has 0 amide bonds. The fraction of sp³-hybridized carbons (Fsp3) is 0.467. The summed E-state index contributed by atoms with van der Waals surface area (Å²) in [6.45, 7) is 5.88. The van der Waals surface area contributed by atoms with Crippen molar-refractivity contribution in [1.29, 1.82) is 0 Å². The number of Topliss-reactive ketones (excluding diaryl/α,β-unsaturated/α-hetero) is 2. The van der Waals surface area contributed by atoms with Crippen LogP contribution in [0.3, 0.4) is 0 Å². The molecule has 1 rings (SSSR count). The Morgan fingerprint density at radius 2 is 1.83 bits per heavy atom. The summed E-state index contributed by atoms with van der Waals surface area (Å²) in [4.78, 5) is 23.3. The lowest BCUT2D eigenvalue weighted by atomic mass is 9.88. The van der Waals surface area contributed by atoms with Gasteiger partial charge >= 0.3 is 0 Å². The van der Waals surface area contributed by atoms with E-state index in [1.807, 2.05) is 20.8 Å². The largest absolute Gasteiger partial charge is 0.299 e. The van der Waals surface area contributed by atoms with E-state index in [1.54, 1.807) is 12.1 Å². The van der Waals surface area contributed by atoms with Crippen LogP contribution >= 0.6 is 0 Å². The van der Waals surface area contributed by atoms with Gasteiger partial charge in [-0.15, -0.1) is 0 Å². The zero-order chi connectivity index (χ0) is 13.8. The number of hydrogen-bond acceptors (Lipinski definition) is 2. The molecule has 0 N–H and O–H groups in total. The zero-order valence-electron chi connectivity index (χ0n) is 11.1. The summed E-state index contributed by atoms with van der Waals surface area (Å²) in [6.07, 6.45) is 0.448. The standard InChI is InChI=1S/C15H19FO2/c1-15(2,3)10-14(18)9-13(17)8-11-5-4-6-12(16)7-11/h4-7H,8-10H2,1-3H3. The molecule has 0 aliphatic heterocycles. The molecular formula is C15H19FO2. The Bertz CT molecular complexity index is 444. The van der Waals surface area contributed by atoms with Crippen molar-refractivity contribution in [3.8, 4) is 0 Å². The van der Waals surface area contributed by atoms with Gasteiger partial charge in [0.2, 0.25) is 0 Å².